The van der Waals surface area contributed by atoms with Crippen LogP contribution >= 0.6 is 0 Å². The van der Waals surface area contributed by atoms with Crippen molar-refractivity contribution in [2.75, 3.05) is 26.1 Å². The third-order valence-corrected chi connectivity index (χ3v) is 4.20. The summed E-state index contributed by atoms with van der Waals surface area (Å²) in [6.07, 6.45) is 5.78. The second kappa shape index (κ2) is 6.94. The molecule has 5 nitrogen and oxygen atoms in total. The molecule has 5 heteroatoms. The van der Waals surface area contributed by atoms with Gasteiger partial charge in [-0.15, -0.1) is 0 Å². The highest BCUT2D eigenvalue weighted by atomic mass is 16.5. The van der Waals surface area contributed by atoms with Crippen molar-refractivity contribution in [1.29, 1.82) is 0 Å². The molecule has 2 aromatic rings. The summed E-state index contributed by atoms with van der Waals surface area (Å²) in [7, 11) is 5.55. The minimum absolute atomic E-state index is 0.312. The monoisotopic (exact) mass is 316 g/mol. The Bertz CT molecular complexity index is 645. The van der Waals surface area contributed by atoms with Gasteiger partial charge in [0.15, 0.2) is 11.5 Å². The maximum absolute atomic E-state index is 6.14. The number of nitrogens with zero attached hydrogens (tertiary/aromatic N) is 2. The van der Waals surface area contributed by atoms with Crippen LogP contribution in [0.2, 0.25) is 0 Å². The fourth-order valence-electron chi connectivity index (χ4n) is 2.91. The molecule has 0 bridgehead atoms. The third kappa shape index (κ3) is 3.78. The normalized spacial score (nSPS) is 14.9. The van der Waals surface area contributed by atoms with Gasteiger partial charge >= 0.3 is 0 Å². The first-order chi connectivity index (χ1) is 11.2. The highest BCUT2D eigenvalue weighted by molar-refractivity contribution is 5.44. The molecular formula is C18H24N2O3. The van der Waals surface area contributed by atoms with Crippen molar-refractivity contribution in [2.24, 2.45) is 0 Å². The molecule has 0 radical (unpaired) electrons. The quantitative estimate of drug-likeness (QED) is 0.814. The van der Waals surface area contributed by atoms with Gasteiger partial charge in [0, 0.05) is 26.6 Å². The molecule has 0 aliphatic heterocycles. The first-order valence-electron chi connectivity index (χ1n) is 8.12. The zero-order valence-corrected chi connectivity index (χ0v) is 14.0. The summed E-state index contributed by atoms with van der Waals surface area (Å²) in [5.74, 6) is 2.37. The molecule has 23 heavy (non-hydrogen) atoms. The molecule has 124 valence electrons. The number of anilines is 1. The lowest BCUT2D eigenvalue weighted by atomic mass is 10.1. The van der Waals surface area contributed by atoms with Gasteiger partial charge in [0.2, 0.25) is 5.88 Å². The minimum atomic E-state index is 0.312. The number of hydrogen-bond donors (Lipinski definition) is 0. The Morgan fingerprint density at radius 2 is 1.96 bits per heavy atom. The number of aromatic nitrogens is 1. The molecule has 0 N–H and O–H groups in total. The van der Waals surface area contributed by atoms with Crippen LogP contribution in [0, 0.1) is 0 Å². The van der Waals surface area contributed by atoms with Crippen molar-refractivity contribution in [3.8, 4) is 11.5 Å². The number of rotatable bonds is 6. The van der Waals surface area contributed by atoms with E-state index in [-0.39, 0.29) is 0 Å². The zero-order chi connectivity index (χ0) is 16.2. The summed E-state index contributed by atoms with van der Waals surface area (Å²) in [5.41, 5.74) is 2.04. The lowest BCUT2D eigenvalue weighted by Crippen LogP contribution is -2.11. The molecular weight excluding hydrogens is 292 g/mol. The van der Waals surface area contributed by atoms with Gasteiger partial charge in [0.1, 0.15) is 0 Å². The Balaban J connectivity index is 1.76. The number of benzene rings is 1. The van der Waals surface area contributed by atoms with Crippen LogP contribution < -0.4 is 14.4 Å². The first kappa shape index (κ1) is 15.7. The van der Waals surface area contributed by atoms with E-state index in [2.05, 4.69) is 11.2 Å². The van der Waals surface area contributed by atoms with Crippen molar-refractivity contribution >= 4 is 5.88 Å². The van der Waals surface area contributed by atoms with Crippen LogP contribution in [0.1, 0.15) is 36.9 Å². The Labute approximate surface area is 137 Å². The minimum Gasteiger partial charge on any atom is -0.493 e. The molecule has 0 spiro atoms. The molecule has 0 atom stereocenters. The first-order valence-corrected chi connectivity index (χ1v) is 8.12. The molecule has 1 fully saturated rings. The van der Waals surface area contributed by atoms with E-state index in [1.165, 1.54) is 12.8 Å². The van der Waals surface area contributed by atoms with Crippen LogP contribution in [-0.4, -0.2) is 32.5 Å². The van der Waals surface area contributed by atoms with Gasteiger partial charge in [-0.2, -0.15) is 0 Å². The van der Waals surface area contributed by atoms with E-state index in [9.17, 15) is 0 Å². The summed E-state index contributed by atoms with van der Waals surface area (Å²) < 4.78 is 16.9. The number of ether oxygens (including phenoxy) is 2. The number of hydrogen-bond acceptors (Lipinski definition) is 5. The summed E-state index contributed by atoms with van der Waals surface area (Å²) in [6, 6.07) is 8.03. The lowest BCUT2D eigenvalue weighted by molar-refractivity contribution is 0.200. The second-order valence-electron chi connectivity index (χ2n) is 6.24. The van der Waals surface area contributed by atoms with Gasteiger partial charge in [-0.25, -0.2) is 0 Å². The highest BCUT2D eigenvalue weighted by Gasteiger charge is 2.19. The lowest BCUT2D eigenvalue weighted by Gasteiger charge is -2.16. The van der Waals surface area contributed by atoms with Gasteiger partial charge in [-0.05, 0) is 43.4 Å². The fourth-order valence-corrected chi connectivity index (χ4v) is 2.91. The smallest absolute Gasteiger partial charge is 0.226 e. The van der Waals surface area contributed by atoms with E-state index >= 15 is 0 Å². The molecule has 0 saturated heterocycles. The molecule has 1 aromatic heterocycles. The second-order valence-corrected chi connectivity index (χ2v) is 6.24. The average Bonchev–Trinajstić information content (AvgIpc) is 3.19. The van der Waals surface area contributed by atoms with E-state index in [1.807, 2.05) is 37.2 Å². The molecule has 1 heterocycles. The summed E-state index contributed by atoms with van der Waals surface area (Å²) >= 11 is 0. The fraction of sp³-hybridized carbons (Fsp3) is 0.500. The number of methoxy groups -OCH3 is 1. The Hall–Kier alpha value is -2.17. The average molecular weight is 316 g/mol. The molecule has 1 aliphatic carbocycles. The van der Waals surface area contributed by atoms with Crippen molar-refractivity contribution in [1.82, 2.24) is 5.16 Å². The van der Waals surface area contributed by atoms with E-state index in [0.29, 0.717) is 12.5 Å². The predicted molar refractivity (Wildman–Crippen MR) is 89.5 cm³/mol. The summed E-state index contributed by atoms with van der Waals surface area (Å²) in [5, 5.41) is 4.12. The van der Waals surface area contributed by atoms with Gasteiger partial charge in [0.05, 0.1) is 18.9 Å². The van der Waals surface area contributed by atoms with Crippen molar-refractivity contribution in [2.45, 2.75) is 38.2 Å². The van der Waals surface area contributed by atoms with Crippen LogP contribution in [0.3, 0.4) is 0 Å². The summed E-state index contributed by atoms with van der Waals surface area (Å²) in [4.78, 5) is 1.90. The molecule has 1 saturated carbocycles. The Kier molecular flexibility index (Phi) is 4.74. The van der Waals surface area contributed by atoms with Crippen LogP contribution in [-0.2, 0) is 6.42 Å². The van der Waals surface area contributed by atoms with Gasteiger partial charge in [0.25, 0.3) is 0 Å². The van der Waals surface area contributed by atoms with Gasteiger partial charge < -0.3 is 18.9 Å². The maximum atomic E-state index is 6.14. The van der Waals surface area contributed by atoms with Crippen LogP contribution in [0.25, 0.3) is 0 Å². The van der Waals surface area contributed by atoms with Crippen LogP contribution in [0.5, 0.6) is 11.5 Å². The Morgan fingerprint density at radius 1 is 1.17 bits per heavy atom. The van der Waals surface area contributed by atoms with Gasteiger partial charge in [-0.3, -0.25) is 0 Å². The largest absolute Gasteiger partial charge is 0.493 e. The van der Waals surface area contributed by atoms with E-state index in [0.717, 1.165) is 41.5 Å². The molecule has 3 rings (SSSR count). The topological polar surface area (TPSA) is 47.7 Å². The van der Waals surface area contributed by atoms with Gasteiger partial charge in [-0.1, -0.05) is 11.2 Å². The van der Waals surface area contributed by atoms with Crippen LogP contribution in [0.4, 0.5) is 5.88 Å². The molecule has 0 amide bonds. The highest BCUT2D eigenvalue weighted by Crippen LogP contribution is 2.33. The maximum Gasteiger partial charge on any atom is 0.226 e. The summed E-state index contributed by atoms with van der Waals surface area (Å²) in [6.45, 7) is 0. The van der Waals surface area contributed by atoms with Crippen LogP contribution in [0.15, 0.2) is 28.8 Å². The van der Waals surface area contributed by atoms with E-state index in [1.54, 1.807) is 7.11 Å². The molecule has 1 aliphatic rings. The van der Waals surface area contributed by atoms with Crippen molar-refractivity contribution < 1.29 is 14.0 Å². The van der Waals surface area contributed by atoms with E-state index < -0.39 is 0 Å². The Morgan fingerprint density at radius 3 is 2.61 bits per heavy atom. The zero-order valence-electron chi connectivity index (χ0n) is 14.0. The van der Waals surface area contributed by atoms with Crippen molar-refractivity contribution in [3.05, 3.63) is 35.5 Å². The predicted octanol–water partition coefficient (Wildman–Crippen LogP) is 3.66. The standard InChI is InChI=1S/C18H24N2O3/c1-20(2)18-12-14(19-23-18)10-13-8-9-16(21-3)17(11-13)22-15-6-4-5-7-15/h8-9,11-12,15H,4-7,10H2,1-3H3. The molecule has 0 unspecified atom stereocenters. The SMILES string of the molecule is COc1ccc(Cc2cc(N(C)C)on2)cc1OC1CCCC1. The molecule has 1 aromatic carbocycles. The van der Waals surface area contributed by atoms with E-state index in [4.69, 9.17) is 14.0 Å². The third-order valence-electron chi connectivity index (χ3n) is 4.20. The van der Waals surface area contributed by atoms with Crippen molar-refractivity contribution in [3.63, 3.8) is 0 Å².